The molecule has 0 aliphatic carbocycles. The lowest BCUT2D eigenvalue weighted by Gasteiger charge is -2.44. The Morgan fingerprint density at radius 3 is 2.41 bits per heavy atom. The molecular weight excluding hydrogens is 276 g/mol. The van der Waals surface area contributed by atoms with Crippen LogP contribution < -0.4 is 10.6 Å². The second-order valence-corrected chi connectivity index (χ2v) is 7.28. The van der Waals surface area contributed by atoms with Crippen LogP contribution in [0, 0.1) is 11.8 Å². The summed E-state index contributed by atoms with van der Waals surface area (Å²) in [5, 5.41) is 6.61. The molecule has 0 spiro atoms. The summed E-state index contributed by atoms with van der Waals surface area (Å²) < 4.78 is 5.08. The highest BCUT2D eigenvalue weighted by atomic mass is 16.5. The van der Waals surface area contributed by atoms with Gasteiger partial charge in [0.05, 0.1) is 13.2 Å². The molecule has 0 amide bonds. The van der Waals surface area contributed by atoms with Crippen LogP contribution in [0.5, 0.6) is 0 Å². The van der Waals surface area contributed by atoms with Gasteiger partial charge >= 0.3 is 0 Å². The predicted octanol–water partition coefficient (Wildman–Crippen LogP) is 1.94. The number of hydrogen-bond acceptors (Lipinski definition) is 3. The summed E-state index contributed by atoms with van der Waals surface area (Å²) in [5.41, 5.74) is 0.0898. The van der Waals surface area contributed by atoms with E-state index < -0.39 is 0 Å². The van der Waals surface area contributed by atoms with E-state index in [1.54, 1.807) is 7.11 Å². The molecular formula is C17H36N4O. The fourth-order valence-electron chi connectivity index (χ4n) is 3.14. The van der Waals surface area contributed by atoms with E-state index in [9.17, 15) is 0 Å². The molecule has 130 valence electrons. The SMILES string of the molecule is CCNC(=NCC(C)(C)N1CC(C)CC(C)C1)NCCOC. The quantitative estimate of drug-likeness (QED) is 0.428. The van der Waals surface area contributed by atoms with Crippen LogP contribution in [0.1, 0.15) is 41.0 Å². The van der Waals surface area contributed by atoms with Gasteiger partial charge in [0.1, 0.15) is 0 Å². The van der Waals surface area contributed by atoms with Gasteiger partial charge in [0, 0.05) is 38.8 Å². The van der Waals surface area contributed by atoms with E-state index in [1.807, 2.05) is 0 Å². The largest absolute Gasteiger partial charge is 0.383 e. The number of ether oxygens (including phenoxy) is 1. The predicted molar refractivity (Wildman–Crippen MR) is 94.5 cm³/mol. The minimum absolute atomic E-state index is 0.0898. The molecule has 0 bridgehead atoms. The second-order valence-electron chi connectivity index (χ2n) is 7.28. The zero-order valence-corrected chi connectivity index (χ0v) is 15.4. The molecule has 1 aliphatic heterocycles. The number of guanidine groups is 1. The van der Waals surface area contributed by atoms with Gasteiger partial charge < -0.3 is 15.4 Å². The standard InChI is InChI=1S/C17H36N4O/c1-7-18-16(19-8-9-22-6)20-13-17(4,5)21-11-14(2)10-15(3)12-21/h14-15H,7-13H2,1-6H3,(H2,18,19,20). The molecule has 1 saturated heterocycles. The molecule has 1 fully saturated rings. The molecule has 2 unspecified atom stereocenters. The van der Waals surface area contributed by atoms with Crippen LogP contribution in [0.3, 0.4) is 0 Å². The Kier molecular flexibility index (Phi) is 8.18. The van der Waals surface area contributed by atoms with Crippen molar-refractivity contribution in [2.24, 2.45) is 16.8 Å². The third kappa shape index (κ3) is 6.53. The summed E-state index contributed by atoms with van der Waals surface area (Å²) >= 11 is 0. The van der Waals surface area contributed by atoms with E-state index in [2.05, 4.69) is 50.2 Å². The van der Waals surface area contributed by atoms with Gasteiger partial charge in [-0.25, -0.2) is 0 Å². The molecule has 0 aromatic carbocycles. The molecule has 0 radical (unpaired) electrons. The monoisotopic (exact) mass is 312 g/mol. The Hall–Kier alpha value is -0.810. The summed E-state index contributed by atoms with van der Waals surface area (Å²) in [7, 11) is 1.72. The van der Waals surface area contributed by atoms with E-state index in [0.717, 1.165) is 37.4 Å². The first-order valence-corrected chi connectivity index (χ1v) is 8.65. The highest BCUT2D eigenvalue weighted by Crippen LogP contribution is 2.27. The summed E-state index contributed by atoms with van der Waals surface area (Å²) in [6.45, 7) is 16.9. The van der Waals surface area contributed by atoms with Crippen LogP contribution in [-0.2, 0) is 4.74 Å². The summed E-state index contributed by atoms with van der Waals surface area (Å²) in [5.74, 6) is 2.44. The lowest BCUT2D eigenvalue weighted by Crippen LogP contribution is -2.53. The molecule has 0 saturated carbocycles. The van der Waals surface area contributed by atoms with E-state index in [1.165, 1.54) is 19.5 Å². The van der Waals surface area contributed by atoms with Crippen molar-refractivity contribution in [2.75, 3.05) is 46.4 Å². The molecule has 5 nitrogen and oxygen atoms in total. The Balaban J connectivity index is 2.60. The number of aliphatic imine (C=N–C) groups is 1. The summed E-state index contributed by atoms with van der Waals surface area (Å²) in [6.07, 6.45) is 1.34. The average molecular weight is 313 g/mol. The zero-order valence-electron chi connectivity index (χ0n) is 15.4. The second kappa shape index (κ2) is 9.36. The number of hydrogen-bond donors (Lipinski definition) is 2. The van der Waals surface area contributed by atoms with Crippen molar-refractivity contribution in [2.45, 2.75) is 46.6 Å². The van der Waals surface area contributed by atoms with Crippen molar-refractivity contribution in [3.05, 3.63) is 0 Å². The molecule has 1 rings (SSSR count). The summed E-state index contributed by atoms with van der Waals surface area (Å²) in [4.78, 5) is 7.38. The van der Waals surface area contributed by atoms with Crippen molar-refractivity contribution in [1.82, 2.24) is 15.5 Å². The van der Waals surface area contributed by atoms with Crippen molar-refractivity contribution >= 4 is 5.96 Å². The van der Waals surface area contributed by atoms with Crippen molar-refractivity contribution in [3.8, 4) is 0 Å². The molecule has 22 heavy (non-hydrogen) atoms. The van der Waals surface area contributed by atoms with Crippen molar-refractivity contribution in [3.63, 3.8) is 0 Å². The Bertz CT molecular complexity index is 334. The summed E-state index contributed by atoms with van der Waals surface area (Å²) in [6, 6.07) is 0. The van der Waals surface area contributed by atoms with Crippen LogP contribution in [-0.4, -0.2) is 62.8 Å². The minimum atomic E-state index is 0.0898. The first-order chi connectivity index (χ1) is 10.4. The molecule has 1 aliphatic rings. The first-order valence-electron chi connectivity index (χ1n) is 8.65. The molecule has 2 N–H and O–H groups in total. The Morgan fingerprint density at radius 2 is 1.86 bits per heavy atom. The topological polar surface area (TPSA) is 48.9 Å². The van der Waals surface area contributed by atoms with E-state index in [0.29, 0.717) is 6.61 Å². The number of methoxy groups -OCH3 is 1. The number of nitrogens with zero attached hydrogens (tertiary/aromatic N) is 2. The number of piperidine rings is 1. The van der Waals surface area contributed by atoms with Gasteiger partial charge in [0.15, 0.2) is 5.96 Å². The Labute approximate surface area is 136 Å². The van der Waals surface area contributed by atoms with Gasteiger partial charge in [-0.3, -0.25) is 9.89 Å². The van der Waals surface area contributed by atoms with Gasteiger partial charge in [-0.1, -0.05) is 13.8 Å². The fourth-order valence-corrected chi connectivity index (χ4v) is 3.14. The minimum Gasteiger partial charge on any atom is -0.383 e. The smallest absolute Gasteiger partial charge is 0.191 e. The maximum atomic E-state index is 5.08. The van der Waals surface area contributed by atoms with E-state index >= 15 is 0 Å². The highest BCUT2D eigenvalue weighted by Gasteiger charge is 2.32. The first kappa shape index (κ1) is 19.2. The third-order valence-corrected chi connectivity index (χ3v) is 4.29. The van der Waals surface area contributed by atoms with Crippen LogP contribution in [0.15, 0.2) is 4.99 Å². The molecule has 2 atom stereocenters. The van der Waals surface area contributed by atoms with Crippen LogP contribution in [0.2, 0.25) is 0 Å². The van der Waals surface area contributed by atoms with Crippen LogP contribution >= 0.6 is 0 Å². The van der Waals surface area contributed by atoms with Crippen molar-refractivity contribution < 1.29 is 4.74 Å². The Morgan fingerprint density at radius 1 is 1.23 bits per heavy atom. The molecule has 1 heterocycles. The zero-order chi connectivity index (χ0) is 16.6. The number of likely N-dealkylation sites (tertiary alicyclic amines) is 1. The van der Waals surface area contributed by atoms with Gasteiger partial charge in [0.2, 0.25) is 0 Å². The van der Waals surface area contributed by atoms with E-state index in [-0.39, 0.29) is 5.54 Å². The van der Waals surface area contributed by atoms with Crippen LogP contribution in [0.4, 0.5) is 0 Å². The number of rotatable bonds is 7. The van der Waals surface area contributed by atoms with Crippen molar-refractivity contribution in [1.29, 1.82) is 0 Å². The molecule has 5 heteroatoms. The lowest BCUT2D eigenvalue weighted by atomic mass is 9.88. The maximum Gasteiger partial charge on any atom is 0.191 e. The number of nitrogens with one attached hydrogen (secondary N) is 2. The van der Waals surface area contributed by atoms with Gasteiger partial charge in [-0.2, -0.15) is 0 Å². The van der Waals surface area contributed by atoms with Gasteiger partial charge in [0.25, 0.3) is 0 Å². The molecule has 0 aromatic rings. The highest BCUT2D eigenvalue weighted by molar-refractivity contribution is 5.79. The van der Waals surface area contributed by atoms with Gasteiger partial charge in [-0.05, 0) is 39.0 Å². The normalized spacial score (nSPS) is 24.4. The van der Waals surface area contributed by atoms with Crippen LogP contribution in [0.25, 0.3) is 0 Å². The van der Waals surface area contributed by atoms with E-state index in [4.69, 9.17) is 9.73 Å². The lowest BCUT2D eigenvalue weighted by molar-refractivity contribution is 0.0512. The average Bonchev–Trinajstić information content (AvgIpc) is 2.44. The maximum absolute atomic E-state index is 5.08. The third-order valence-electron chi connectivity index (χ3n) is 4.29. The fraction of sp³-hybridized carbons (Fsp3) is 0.941. The molecule has 0 aromatic heterocycles. The van der Waals surface area contributed by atoms with Gasteiger partial charge in [-0.15, -0.1) is 0 Å².